The Morgan fingerprint density at radius 2 is 2.16 bits per heavy atom. The van der Waals surface area contributed by atoms with Crippen LogP contribution in [0.1, 0.15) is 6.23 Å². The number of aliphatic hydroxyl groups excluding tert-OH is 2. The molecule has 2 aromatic heterocycles. The molecule has 1 saturated heterocycles. The van der Waals surface area contributed by atoms with E-state index < -0.39 is 35.8 Å². The van der Waals surface area contributed by atoms with Crippen LogP contribution in [0.4, 0.5) is 0 Å². The normalized spacial score (nSPS) is 32.7. The van der Waals surface area contributed by atoms with E-state index in [1.54, 1.807) is 4.57 Å². The van der Waals surface area contributed by atoms with Gasteiger partial charge in [-0.2, -0.15) is 0 Å². The number of ether oxygens (including phenoxy) is 1. The van der Waals surface area contributed by atoms with E-state index >= 15 is 0 Å². The van der Waals surface area contributed by atoms with Crippen molar-refractivity contribution in [2.75, 3.05) is 0 Å². The van der Waals surface area contributed by atoms with Crippen LogP contribution in [0.15, 0.2) is 15.9 Å². The number of nitrogens with one attached hydrogen (secondary N) is 1. The highest BCUT2D eigenvalue weighted by Gasteiger charge is 2.47. The lowest BCUT2D eigenvalue weighted by Gasteiger charge is -2.19. The van der Waals surface area contributed by atoms with Crippen molar-refractivity contribution in [2.24, 2.45) is 0 Å². The summed E-state index contributed by atoms with van der Waals surface area (Å²) in [5.74, 6) is 0. The second-order valence-electron chi connectivity index (χ2n) is 4.74. The molecule has 9 heteroatoms. The van der Waals surface area contributed by atoms with Gasteiger partial charge < -0.3 is 19.5 Å². The molecule has 2 aliphatic heterocycles. The maximum absolute atomic E-state index is 12.0. The number of fused-ring (bicyclic) bond motifs is 3. The smallest absolute Gasteiger partial charge is 0.332 e. The van der Waals surface area contributed by atoms with Crippen LogP contribution in [0.5, 0.6) is 0 Å². The topological polar surface area (TPSA) is 122 Å². The molecule has 0 radical (unpaired) electrons. The average Bonchev–Trinajstić information content (AvgIpc) is 2.82. The average molecular weight is 266 g/mol. The van der Waals surface area contributed by atoms with Crippen molar-refractivity contribution in [3.63, 3.8) is 0 Å². The van der Waals surface area contributed by atoms with Gasteiger partial charge in [-0.05, 0) is 0 Å². The number of hydrogen-bond donors (Lipinski definition) is 3. The molecule has 19 heavy (non-hydrogen) atoms. The van der Waals surface area contributed by atoms with Gasteiger partial charge in [0.1, 0.15) is 18.3 Å². The zero-order valence-electron chi connectivity index (χ0n) is 9.55. The first-order valence-corrected chi connectivity index (χ1v) is 5.79. The molecule has 0 aromatic carbocycles. The second kappa shape index (κ2) is 3.32. The van der Waals surface area contributed by atoms with Gasteiger partial charge in [-0.15, -0.1) is 0 Å². The molecule has 4 atom stereocenters. The first-order valence-electron chi connectivity index (χ1n) is 5.79. The van der Waals surface area contributed by atoms with Crippen molar-refractivity contribution in [1.82, 2.24) is 19.1 Å². The molecule has 100 valence electrons. The fourth-order valence-corrected chi connectivity index (χ4v) is 2.76. The summed E-state index contributed by atoms with van der Waals surface area (Å²) in [5, 5.41) is 19.8. The minimum atomic E-state index is -1.22. The van der Waals surface area contributed by atoms with Gasteiger partial charge in [-0.3, -0.25) is 9.78 Å². The van der Waals surface area contributed by atoms with E-state index in [4.69, 9.17) is 4.74 Å². The first kappa shape index (κ1) is 10.9. The Hall–Kier alpha value is -1.97. The van der Waals surface area contributed by atoms with Crippen molar-refractivity contribution < 1.29 is 14.9 Å². The largest absolute Gasteiger partial charge is 0.387 e. The van der Waals surface area contributed by atoms with Gasteiger partial charge in [0.15, 0.2) is 17.4 Å². The van der Waals surface area contributed by atoms with Crippen molar-refractivity contribution in [3.8, 4) is 0 Å². The zero-order valence-corrected chi connectivity index (χ0v) is 9.55. The number of hydrogen-bond acceptors (Lipinski definition) is 6. The lowest BCUT2D eigenvalue weighted by atomic mass is 10.1. The van der Waals surface area contributed by atoms with Crippen LogP contribution in [0, 0.1) is 0 Å². The summed E-state index contributed by atoms with van der Waals surface area (Å²) in [5.41, 5.74) is -0.870. The molecule has 4 heterocycles. The number of aromatic nitrogens is 4. The van der Waals surface area contributed by atoms with Gasteiger partial charge in [0.05, 0.1) is 12.9 Å². The summed E-state index contributed by atoms with van der Waals surface area (Å²) in [6, 6.07) is 0. The third-order valence-corrected chi connectivity index (χ3v) is 3.66. The summed E-state index contributed by atoms with van der Waals surface area (Å²) < 4.78 is 8.20. The lowest BCUT2D eigenvalue weighted by Crippen LogP contribution is -2.40. The molecule has 2 aliphatic rings. The van der Waals surface area contributed by atoms with E-state index in [9.17, 15) is 19.8 Å². The maximum atomic E-state index is 12.0. The quantitative estimate of drug-likeness (QED) is 0.485. The Balaban J connectivity index is 2.14. The second-order valence-corrected chi connectivity index (χ2v) is 4.74. The van der Waals surface area contributed by atoms with Crippen molar-refractivity contribution in [2.45, 2.75) is 31.1 Å². The third kappa shape index (κ3) is 1.21. The highest BCUT2D eigenvalue weighted by Crippen LogP contribution is 2.33. The number of rotatable bonds is 0. The van der Waals surface area contributed by atoms with Gasteiger partial charge >= 0.3 is 5.69 Å². The molecule has 0 saturated carbocycles. The predicted octanol–water partition coefficient (Wildman–Crippen LogP) is -2.48. The predicted molar refractivity (Wildman–Crippen MR) is 60.5 cm³/mol. The SMILES string of the molecule is O=c1[nH]c(=O)n2c3c1ncn3C[C@H]1O[C@@H]2[C@H](O)[C@@H]1O. The Morgan fingerprint density at radius 3 is 2.95 bits per heavy atom. The van der Waals surface area contributed by atoms with E-state index in [0.29, 0.717) is 5.65 Å². The number of imidazole rings is 1. The highest BCUT2D eigenvalue weighted by molar-refractivity contribution is 5.70. The molecule has 4 rings (SSSR count). The standard InChI is InChI=1S/C10H10N4O5/c15-5-3-1-13-2-11-4-7(17)12-10(18)14(8(4)13)9(19-3)6(5)16/h2-3,5-6,9,15-16H,1H2,(H,12,17,18)/t3-,5-,6-,9-/m1/s1. The van der Waals surface area contributed by atoms with E-state index in [-0.39, 0.29) is 12.1 Å². The number of nitrogens with zero attached hydrogens (tertiary/aromatic N) is 3. The zero-order chi connectivity index (χ0) is 13.3. The lowest BCUT2D eigenvalue weighted by molar-refractivity contribution is -0.0353. The molecule has 2 aromatic rings. The summed E-state index contributed by atoms with van der Waals surface area (Å²) in [7, 11) is 0. The van der Waals surface area contributed by atoms with Crippen molar-refractivity contribution >= 4 is 11.2 Å². The van der Waals surface area contributed by atoms with Crippen molar-refractivity contribution in [3.05, 3.63) is 27.2 Å². The Kier molecular flexibility index (Phi) is 1.91. The molecule has 1 fully saturated rings. The van der Waals surface area contributed by atoms with E-state index in [0.717, 1.165) is 4.57 Å². The maximum Gasteiger partial charge on any atom is 0.332 e. The van der Waals surface area contributed by atoms with Crippen LogP contribution in [0.3, 0.4) is 0 Å². The Labute approximate surface area is 104 Å². The Bertz CT molecular complexity index is 789. The molecule has 0 amide bonds. The molecule has 0 spiro atoms. The van der Waals surface area contributed by atoms with E-state index in [1.165, 1.54) is 6.33 Å². The molecule has 0 unspecified atom stereocenters. The van der Waals surface area contributed by atoms with Crippen LogP contribution in [0.25, 0.3) is 11.2 Å². The van der Waals surface area contributed by atoms with Gasteiger partial charge in [-0.1, -0.05) is 0 Å². The fraction of sp³-hybridized carbons (Fsp3) is 0.500. The summed E-state index contributed by atoms with van der Waals surface area (Å²) in [6.07, 6.45) is -2.56. The fourth-order valence-electron chi connectivity index (χ4n) is 2.76. The van der Waals surface area contributed by atoms with Crippen LogP contribution in [0.2, 0.25) is 0 Å². The molecule has 0 aliphatic carbocycles. The molecule has 2 bridgehead atoms. The third-order valence-electron chi connectivity index (χ3n) is 3.66. The molecule has 9 nitrogen and oxygen atoms in total. The minimum absolute atomic E-state index is 0.109. The van der Waals surface area contributed by atoms with E-state index in [2.05, 4.69) is 9.97 Å². The van der Waals surface area contributed by atoms with Gasteiger partial charge in [-0.25, -0.2) is 14.3 Å². The summed E-state index contributed by atoms with van der Waals surface area (Å²) in [4.78, 5) is 29.7. The van der Waals surface area contributed by atoms with Gasteiger partial charge in [0, 0.05) is 0 Å². The van der Waals surface area contributed by atoms with Crippen LogP contribution in [-0.4, -0.2) is 47.6 Å². The first-order chi connectivity index (χ1) is 9.08. The summed E-state index contributed by atoms with van der Waals surface area (Å²) >= 11 is 0. The molecule has 3 N–H and O–H groups in total. The van der Waals surface area contributed by atoms with Gasteiger partial charge in [0.2, 0.25) is 0 Å². The van der Waals surface area contributed by atoms with Gasteiger partial charge in [0.25, 0.3) is 5.56 Å². The minimum Gasteiger partial charge on any atom is -0.387 e. The molecular formula is C10H10N4O5. The number of aliphatic hydroxyl groups is 2. The Morgan fingerprint density at radius 1 is 1.37 bits per heavy atom. The van der Waals surface area contributed by atoms with Crippen LogP contribution < -0.4 is 11.2 Å². The summed E-state index contributed by atoms with van der Waals surface area (Å²) in [6.45, 7) is 0.216. The molecular weight excluding hydrogens is 256 g/mol. The van der Waals surface area contributed by atoms with Crippen molar-refractivity contribution in [1.29, 1.82) is 0 Å². The number of aromatic amines is 1. The highest BCUT2D eigenvalue weighted by atomic mass is 16.6. The van der Waals surface area contributed by atoms with E-state index in [1.807, 2.05) is 0 Å². The number of H-pyrrole nitrogens is 1. The van der Waals surface area contributed by atoms with Crippen LogP contribution >= 0.6 is 0 Å². The monoisotopic (exact) mass is 266 g/mol. The van der Waals surface area contributed by atoms with Crippen LogP contribution in [-0.2, 0) is 11.3 Å².